The van der Waals surface area contributed by atoms with Crippen LogP contribution >= 0.6 is 0 Å². The van der Waals surface area contributed by atoms with Gasteiger partial charge in [0.15, 0.2) is 5.65 Å². The lowest BCUT2D eigenvalue weighted by atomic mass is 10.0. The number of piperidine rings is 1. The van der Waals surface area contributed by atoms with Gasteiger partial charge in [-0.25, -0.2) is 14.6 Å². The van der Waals surface area contributed by atoms with Crippen molar-refractivity contribution in [2.24, 2.45) is 0 Å². The van der Waals surface area contributed by atoms with E-state index in [1.165, 1.54) is 0 Å². The van der Waals surface area contributed by atoms with Crippen molar-refractivity contribution in [3.05, 3.63) is 42.6 Å². The standard InChI is InChI=1S/C20H23N7O2/c28-20(15-2-1-5-21-12-15)26-6-3-16(4-7-26)27-19-17(13-24-27)18(22-14-23-19)25-8-10-29-11-9-25/h1-2,5,12-14,16H,3-4,6-11H2. The molecule has 9 nitrogen and oxygen atoms in total. The van der Waals surface area contributed by atoms with Crippen molar-refractivity contribution in [2.45, 2.75) is 18.9 Å². The van der Waals surface area contributed by atoms with Crippen molar-refractivity contribution in [3.8, 4) is 0 Å². The Bertz CT molecular complexity index is 992. The summed E-state index contributed by atoms with van der Waals surface area (Å²) in [5.74, 6) is 0.965. The van der Waals surface area contributed by atoms with Gasteiger partial charge in [-0.05, 0) is 25.0 Å². The SMILES string of the molecule is O=C(c1cccnc1)N1CCC(n2ncc3c(N4CCOCC4)ncnc32)CC1. The zero-order valence-corrected chi connectivity index (χ0v) is 16.1. The first kappa shape index (κ1) is 18.0. The van der Waals surface area contributed by atoms with E-state index in [1.807, 2.05) is 21.8 Å². The molecule has 9 heteroatoms. The predicted molar refractivity (Wildman–Crippen MR) is 107 cm³/mol. The maximum atomic E-state index is 12.7. The van der Waals surface area contributed by atoms with Crippen LogP contribution in [0.3, 0.4) is 0 Å². The third kappa shape index (κ3) is 3.42. The molecule has 0 spiro atoms. The predicted octanol–water partition coefficient (Wildman–Crippen LogP) is 1.54. The first-order valence-corrected chi connectivity index (χ1v) is 10.0. The molecule has 2 aliphatic rings. The molecule has 0 N–H and O–H groups in total. The summed E-state index contributed by atoms with van der Waals surface area (Å²) in [5, 5.41) is 5.62. The van der Waals surface area contributed by atoms with Gasteiger partial charge in [-0.15, -0.1) is 0 Å². The van der Waals surface area contributed by atoms with Crippen molar-refractivity contribution in [3.63, 3.8) is 0 Å². The van der Waals surface area contributed by atoms with Crippen LogP contribution in [0.25, 0.3) is 11.0 Å². The quantitative estimate of drug-likeness (QED) is 0.667. The van der Waals surface area contributed by atoms with Gasteiger partial charge in [0.25, 0.3) is 5.91 Å². The third-order valence-corrected chi connectivity index (χ3v) is 5.69. The Hall–Kier alpha value is -3.07. The number of carbonyl (C=O) groups is 1. The second kappa shape index (κ2) is 7.75. The third-order valence-electron chi connectivity index (χ3n) is 5.69. The van der Waals surface area contributed by atoms with Crippen LogP contribution in [0.1, 0.15) is 29.2 Å². The smallest absolute Gasteiger partial charge is 0.255 e. The number of likely N-dealkylation sites (tertiary alicyclic amines) is 1. The van der Waals surface area contributed by atoms with Crippen molar-refractivity contribution >= 4 is 22.8 Å². The van der Waals surface area contributed by atoms with Gasteiger partial charge in [0.05, 0.1) is 36.4 Å². The number of amides is 1. The molecule has 150 valence electrons. The number of hydrogen-bond acceptors (Lipinski definition) is 7. The Morgan fingerprint density at radius 1 is 1.07 bits per heavy atom. The van der Waals surface area contributed by atoms with E-state index >= 15 is 0 Å². The Morgan fingerprint density at radius 2 is 1.90 bits per heavy atom. The summed E-state index contributed by atoms with van der Waals surface area (Å²) in [7, 11) is 0. The maximum Gasteiger partial charge on any atom is 0.255 e. The Labute approximate surface area is 168 Å². The number of carbonyl (C=O) groups excluding carboxylic acids is 1. The molecule has 0 aliphatic carbocycles. The highest BCUT2D eigenvalue weighted by molar-refractivity contribution is 5.94. The number of aromatic nitrogens is 5. The normalized spacial score (nSPS) is 18.3. The maximum absolute atomic E-state index is 12.7. The van der Waals surface area contributed by atoms with Crippen LogP contribution in [0, 0.1) is 0 Å². The van der Waals surface area contributed by atoms with Crippen LogP contribution in [0.15, 0.2) is 37.1 Å². The topological polar surface area (TPSA) is 89.3 Å². The number of ether oxygens (including phenoxy) is 1. The fourth-order valence-corrected chi connectivity index (χ4v) is 4.13. The molecular formula is C20H23N7O2. The van der Waals surface area contributed by atoms with E-state index in [0.717, 1.165) is 42.8 Å². The van der Waals surface area contributed by atoms with E-state index < -0.39 is 0 Å². The molecule has 0 saturated carbocycles. The monoisotopic (exact) mass is 393 g/mol. The van der Waals surface area contributed by atoms with E-state index in [9.17, 15) is 4.79 Å². The summed E-state index contributed by atoms with van der Waals surface area (Å²) in [6.45, 7) is 4.46. The number of nitrogens with zero attached hydrogens (tertiary/aromatic N) is 7. The lowest BCUT2D eigenvalue weighted by Crippen LogP contribution is -2.39. The van der Waals surface area contributed by atoms with E-state index in [0.29, 0.717) is 31.9 Å². The number of morpholine rings is 1. The summed E-state index contributed by atoms with van der Waals surface area (Å²) in [5.41, 5.74) is 1.50. The van der Waals surface area contributed by atoms with Crippen molar-refractivity contribution < 1.29 is 9.53 Å². The minimum absolute atomic E-state index is 0.0406. The average Bonchev–Trinajstić information content (AvgIpc) is 3.24. The van der Waals surface area contributed by atoms with Crippen LogP contribution in [0.2, 0.25) is 0 Å². The van der Waals surface area contributed by atoms with Crippen LogP contribution in [0.4, 0.5) is 5.82 Å². The van der Waals surface area contributed by atoms with E-state index in [1.54, 1.807) is 24.8 Å². The van der Waals surface area contributed by atoms with Gasteiger partial charge in [0.1, 0.15) is 12.1 Å². The van der Waals surface area contributed by atoms with Gasteiger partial charge in [-0.3, -0.25) is 9.78 Å². The summed E-state index contributed by atoms with van der Waals surface area (Å²) in [6.07, 6.45) is 8.48. The zero-order valence-electron chi connectivity index (χ0n) is 16.1. The molecule has 2 aliphatic heterocycles. The number of fused-ring (bicyclic) bond motifs is 1. The molecule has 29 heavy (non-hydrogen) atoms. The number of anilines is 1. The highest BCUT2D eigenvalue weighted by Crippen LogP contribution is 2.29. The Morgan fingerprint density at radius 3 is 2.66 bits per heavy atom. The fraction of sp³-hybridized carbons (Fsp3) is 0.450. The van der Waals surface area contributed by atoms with Crippen LogP contribution in [-0.2, 0) is 4.74 Å². The molecule has 3 aromatic heterocycles. The molecule has 0 aromatic carbocycles. The molecule has 2 saturated heterocycles. The molecule has 2 fully saturated rings. The molecular weight excluding hydrogens is 370 g/mol. The molecule has 0 radical (unpaired) electrons. The molecule has 5 heterocycles. The van der Waals surface area contributed by atoms with E-state index in [2.05, 4.69) is 25.0 Å². The summed E-state index contributed by atoms with van der Waals surface area (Å²) in [4.78, 5) is 29.8. The second-order valence-electron chi connectivity index (χ2n) is 7.39. The van der Waals surface area contributed by atoms with Crippen LogP contribution in [-0.4, -0.2) is 74.9 Å². The van der Waals surface area contributed by atoms with Crippen molar-refractivity contribution in [2.75, 3.05) is 44.3 Å². The van der Waals surface area contributed by atoms with E-state index in [4.69, 9.17) is 4.74 Å². The van der Waals surface area contributed by atoms with Crippen LogP contribution in [0.5, 0.6) is 0 Å². The van der Waals surface area contributed by atoms with Gasteiger partial charge in [-0.2, -0.15) is 5.10 Å². The highest BCUT2D eigenvalue weighted by atomic mass is 16.5. The summed E-state index contributed by atoms with van der Waals surface area (Å²) >= 11 is 0. The van der Waals surface area contributed by atoms with Gasteiger partial charge < -0.3 is 14.5 Å². The Balaban J connectivity index is 1.33. The molecule has 3 aromatic rings. The number of pyridine rings is 1. The molecule has 0 bridgehead atoms. The minimum atomic E-state index is 0.0406. The van der Waals surface area contributed by atoms with Gasteiger partial charge in [0, 0.05) is 38.6 Å². The van der Waals surface area contributed by atoms with E-state index in [-0.39, 0.29) is 11.9 Å². The number of hydrogen-bond donors (Lipinski definition) is 0. The second-order valence-corrected chi connectivity index (χ2v) is 7.39. The molecule has 5 rings (SSSR count). The zero-order chi connectivity index (χ0) is 19.6. The Kier molecular flexibility index (Phi) is 4.81. The van der Waals surface area contributed by atoms with Crippen molar-refractivity contribution in [1.29, 1.82) is 0 Å². The minimum Gasteiger partial charge on any atom is -0.378 e. The summed E-state index contributed by atoms with van der Waals surface area (Å²) in [6, 6.07) is 3.83. The largest absolute Gasteiger partial charge is 0.378 e. The average molecular weight is 393 g/mol. The molecule has 0 unspecified atom stereocenters. The molecule has 0 atom stereocenters. The fourth-order valence-electron chi connectivity index (χ4n) is 4.13. The van der Waals surface area contributed by atoms with Gasteiger partial charge in [0.2, 0.25) is 0 Å². The lowest BCUT2D eigenvalue weighted by molar-refractivity contribution is 0.0691. The highest BCUT2D eigenvalue weighted by Gasteiger charge is 2.27. The molecule has 1 amide bonds. The first-order chi connectivity index (χ1) is 14.3. The number of rotatable bonds is 3. The first-order valence-electron chi connectivity index (χ1n) is 10.0. The van der Waals surface area contributed by atoms with Gasteiger partial charge in [-0.1, -0.05) is 0 Å². The lowest BCUT2D eigenvalue weighted by Gasteiger charge is -2.32. The summed E-state index contributed by atoms with van der Waals surface area (Å²) < 4.78 is 7.46. The van der Waals surface area contributed by atoms with Gasteiger partial charge >= 0.3 is 0 Å². The van der Waals surface area contributed by atoms with Crippen molar-refractivity contribution in [1.82, 2.24) is 29.6 Å². The van der Waals surface area contributed by atoms with Crippen LogP contribution < -0.4 is 4.90 Å².